The number of rotatable bonds is 6. The van der Waals surface area contributed by atoms with Gasteiger partial charge in [-0.25, -0.2) is 0 Å². The lowest BCUT2D eigenvalue weighted by Crippen LogP contribution is -2.29. The van der Waals surface area contributed by atoms with E-state index in [0.717, 1.165) is 29.8 Å². The van der Waals surface area contributed by atoms with Crippen molar-refractivity contribution in [3.8, 4) is 11.3 Å². The summed E-state index contributed by atoms with van der Waals surface area (Å²) in [6.45, 7) is 2.43. The van der Waals surface area contributed by atoms with Crippen molar-refractivity contribution in [3.63, 3.8) is 0 Å². The minimum atomic E-state index is -0.129. The molecule has 4 N–H and O–H groups in total. The monoisotopic (exact) mass is 272 g/mol. The van der Waals surface area contributed by atoms with Crippen molar-refractivity contribution in [2.45, 2.75) is 19.8 Å². The summed E-state index contributed by atoms with van der Waals surface area (Å²) >= 11 is 0. The second kappa shape index (κ2) is 6.86. The van der Waals surface area contributed by atoms with Crippen LogP contribution >= 0.6 is 0 Å². The highest BCUT2D eigenvalue weighted by molar-refractivity contribution is 5.93. The summed E-state index contributed by atoms with van der Waals surface area (Å²) in [6.07, 6.45) is 3.46. The predicted octanol–water partition coefficient (Wildman–Crippen LogP) is 2.39. The Bertz CT molecular complexity index is 551. The summed E-state index contributed by atoms with van der Waals surface area (Å²) < 4.78 is 0. The van der Waals surface area contributed by atoms with Crippen LogP contribution in [-0.2, 0) is 4.79 Å². The Morgan fingerprint density at radius 2 is 2.30 bits per heavy atom. The fourth-order valence-corrected chi connectivity index (χ4v) is 2.13. The van der Waals surface area contributed by atoms with E-state index < -0.39 is 0 Å². The Hall–Kier alpha value is -2.14. The summed E-state index contributed by atoms with van der Waals surface area (Å²) in [5.41, 5.74) is 8.33. The zero-order valence-electron chi connectivity index (χ0n) is 11.6. The molecular formula is C15H20N4O. The van der Waals surface area contributed by atoms with Gasteiger partial charge >= 0.3 is 0 Å². The molecule has 2 aromatic rings. The largest absolute Gasteiger partial charge is 0.330 e. The van der Waals surface area contributed by atoms with E-state index in [1.165, 1.54) is 0 Å². The van der Waals surface area contributed by atoms with Crippen molar-refractivity contribution >= 4 is 11.6 Å². The maximum absolute atomic E-state index is 12.1. The predicted molar refractivity (Wildman–Crippen MR) is 80.1 cm³/mol. The number of carbonyl (C=O) groups excluding carboxylic acids is 1. The highest BCUT2D eigenvalue weighted by atomic mass is 16.1. The zero-order chi connectivity index (χ0) is 14.4. The van der Waals surface area contributed by atoms with Crippen LogP contribution in [0.25, 0.3) is 11.3 Å². The van der Waals surface area contributed by atoms with Crippen LogP contribution in [0.2, 0.25) is 0 Å². The smallest absolute Gasteiger partial charge is 0.228 e. The van der Waals surface area contributed by atoms with Crippen molar-refractivity contribution in [1.29, 1.82) is 0 Å². The first kappa shape index (κ1) is 14.3. The molecule has 0 saturated heterocycles. The number of H-pyrrole nitrogens is 1. The molecule has 2 rings (SSSR count). The molecular weight excluding hydrogens is 252 g/mol. The van der Waals surface area contributed by atoms with E-state index in [9.17, 15) is 4.79 Å². The number of hydrogen-bond acceptors (Lipinski definition) is 3. The van der Waals surface area contributed by atoms with Gasteiger partial charge in [-0.2, -0.15) is 5.10 Å². The average Bonchev–Trinajstić information content (AvgIpc) is 2.99. The quantitative estimate of drug-likeness (QED) is 0.755. The molecule has 0 saturated carbocycles. The fourth-order valence-electron chi connectivity index (χ4n) is 2.13. The molecule has 0 aliphatic rings. The van der Waals surface area contributed by atoms with Gasteiger partial charge in [-0.15, -0.1) is 0 Å². The van der Waals surface area contributed by atoms with Gasteiger partial charge < -0.3 is 11.1 Å². The van der Waals surface area contributed by atoms with Crippen LogP contribution < -0.4 is 11.1 Å². The molecule has 0 radical (unpaired) electrons. The number of aromatic nitrogens is 2. The van der Waals surface area contributed by atoms with E-state index >= 15 is 0 Å². The Labute approximate surface area is 118 Å². The first-order valence-electron chi connectivity index (χ1n) is 6.85. The number of hydrogen-bond donors (Lipinski definition) is 3. The van der Waals surface area contributed by atoms with Gasteiger partial charge in [0.2, 0.25) is 5.91 Å². The lowest BCUT2D eigenvalue weighted by molar-refractivity contribution is -0.119. The molecule has 0 aliphatic carbocycles. The summed E-state index contributed by atoms with van der Waals surface area (Å²) in [4.78, 5) is 12.1. The van der Waals surface area contributed by atoms with E-state index in [2.05, 4.69) is 22.4 Å². The second-order valence-electron chi connectivity index (χ2n) is 4.76. The third kappa shape index (κ3) is 3.45. The molecule has 0 fully saturated rings. The third-order valence-electron chi connectivity index (χ3n) is 3.23. The Kier molecular flexibility index (Phi) is 4.90. The Morgan fingerprint density at radius 1 is 1.45 bits per heavy atom. The molecule has 1 aromatic carbocycles. The summed E-state index contributed by atoms with van der Waals surface area (Å²) in [5.74, 6) is -0.146. The third-order valence-corrected chi connectivity index (χ3v) is 3.23. The number of carbonyl (C=O) groups is 1. The molecule has 1 atom stereocenters. The van der Waals surface area contributed by atoms with Gasteiger partial charge in [0.1, 0.15) is 0 Å². The Balaban J connectivity index is 2.10. The second-order valence-corrected chi connectivity index (χ2v) is 4.76. The van der Waals surface area contributed by atoms with Crippen molar-refractivity contribution < 1.29 is 4.79 Å². The first-order chi connectivity index (χ1) is 9.74. The van der Waals surface area contributed by atoms with E-state index in [4.69, 9.17) is 5.73 Å². The first-order valence-corrected chi connectivity index (χ1v) is 6.85. The molecule has 1 aromatic heterocycles. The van der Waals surface area contributed by atoms with Crippen molar-refractivity contribution in [2.75, 3.05) is 11.9 Å². The van der Waals surface area contributed by atoms with Crippen LogP contribution in [0.15, 0.2) is 36.5 Å². The number of aromatic amines is 1. The molecule has 5 heteroatoms. The fraction of sp³-hybridized carbons (Fsp3) is 0.333. The number of anilines is 1. The number of amides is 1. The maximum Gasteiger partial charge on any atom is 0.228 e. The minimum absolute atomic E-state index is 0.0175. The molecule has 0 bridgehead atoms. The molecule has 1 heterocycles. The van der Waals surface area contributed by atoms with Gasteiger partial charge in [-0.05, 0) is 24.6 Å². The van der Waals surface area contributed by atoms with Gasteiger partial charge in [-0.1, -0.05) is 25.5 Å². The van der Waals surface area contributed by atoms with Gasteiger partial charge in [0.25, 0.3) is 0 Å². The van der Waals surface area contributed by atoms with Gasteiger partial charge in [-0.3, -0.25) is 9.89 Å². The standard InChI is InChI=1S/C15H20N4O/c1-2-4-12(10-16)15(20)18-13-6-3-5-11(9-13)14-7-8-17-19-14/h3,5-9,12H,2,4,10,16H2,1H3,(H,17,19)(H,18,20). The maximum atomic E-state index is 12.1. The van der Waals surface area contributed by atoms with Crippen LogP contribution in [0.4, 0.5) is 5.69 Å². The average molecular weight is 272 g/mol. The highest BCUT2D eigenvalue weighted by Crippen LogP contribution is 2.21. The normalized spacial score (nSPS) is 12.1. The number of nitrogens with two attached hydrogens (primary N) is 1. The topological polar surface area (TPSA) is 83.8 Å². The number of benzene rings is 1. The lowest BCUT2D eigenvalue weighted by Gasteiger charge is -2.14. The summed E-state index contributed by atoms with van der Waals surface area (Å²) in [6, 6.07) is 9.56. The molecule has 1 amide bonds. The molecule has 20 heavy (non-hydrogen) atoms. The summed E-state index contributed by atoms with van der Waals surface area (Å²) in [5, 5.41) is 9.76. The van der Waals surface area contributed by atoms with Crippen molar-refractivity contribution in [3.05, 3.63) is 36.5 Å². The number of nitrogens with one attached hydrogen (secondary N) is 2. The van der Waals surface area contributed by atoms with Crippen molar-refractivity contribution in [1.82, 2.24) is 10.2 Å². The molecule has 5 nitrogen and oxygen atoms in total. The van der Waals surface area contributed by atoms with Crippen molar-refractivity contribution in [2.24, 2.45) is 11.7 Å². The zero-order valence-corrected chi connectivity index (χ0v) is 11.6. The summed E-state index contributed by atoms with van der Waals surface area (Å²) in [7, 11) is 0. The minimum Gasteiger partial charge on any atom is -0.330 e. The van der Waals surface area contributed by atoms with Crippen LogP contribution in [0.3, 0.4) is 0 Å². The Morgan fingerprint density at radius 3 is 2.95 bits per heavy atom. The molecule has 1 unspecified atom stereocenters. The molecule has 0 aliphatic heterocycles. The van der Waals surface area contributed by atoms with E-state index in [0.29, 0.717) is 6.54 Å². The lowest BCUT2D eigenvalue weighted by atomic mass is 10.0. The van der Waals surface area contributed by atoms with E-state index in [1.807, 2.05) is 30.3 Å². The SMILES string of the molecule is CCCC(CN)C(=O)Nc1cccc(-c2ccn[nH]2)c1. The van der Waals surface area contributed by atoms with E-state index in [1.54, 1.807) is 6.20 Å². The van der Waals surface area contributed by atoms with Crippen LogP contribution in [0.5, 0.6) is 0 Å². The molecule has 0 spiro atoms. The van der Waals surface area contributed by atoms with Gasteiger partial charge in [0.05, 0.1) is 11.6 Å². The highest BCUT2D eigenvalue weighted by Gasteiger charge is 2.15. The van der Waals surface area contributed by atoms with Crippen LogP contribution in [-0.4, -0.2) is 22.6 Å². The van der Waals surface area contributed by atoms with Crippen LogP contribution in [0, 0.1) is 5.92 Å². The van der Waals surface area contributed by atoms with Gasteiger partial charge in [0.15, 0.2) is 0 Å². The molecule has 106 valence electrons. The van der Waals surface area contributed by atoms with Crippen LogP contribution in [0.1, 0.15) is 19.8 Å². The van der Waals surface area contributed by atoms with E-state index in [-0.39, 0.29) is 11.8 Å². The number of nitrogens with zero attached hydrogens (tertiary/aromatic N) is 1. The van der Waals surface area contributed by atoms with Gasteiger partial charge in [0, 0.05) is 24.0 Å².